The highest BCUT2D eigenvalue weighted by molar-refractivity contribution is 6.34. The Balaban J connectivity index is 2.06. The van der Waals surface area contributed by atoms with Crippen molar-refractivity contribution in [3.05, 3.63) is 58.4 Å². The Kier molecular flexibility index (Phi) is 4.81. The molecular weight excluding hydrogens is 286 g/mol. The van der Waals surface area contributed by atoms with Crippen molar-refractivity contribution in [3.63, 3.8) is 0 Å². The molecule has 21 heavy (non-hydrogen) atoms. The minimum atomic E-state index is -0.304. The molecule has 1 heterocycles. The van der Waals surface area contributed by atoms with Crippen molar-refractivity contribution in [2.75, 3.05) is 5.32 Å². The van der Waals surface area contributed by atoms with Gasteiger partial charge in [-0.3, -0.25) is 4.98 Å². The van der Waals surface area contributed by atoms with Gasteiger partial charge >= 0.3 is 6.03 Å². The number of hydrogen-bond donors (Lipinski definition) is 2. The molecule has 110 valence electrons. The van der Waals surface area contributed by atoms with Gasteiger partial charge in [0.25, 0.3) is 0 Å². The quantitative estimate of drug-likeness (QED) is 0.891. The third-order valence-electron chi connectivity index (χ3n) is 3.15. The molecular formula is C16H18ClN3O. The Morgan fingerprint density at radius 2 is 2.05 bits per heavy atom. The average Bonchev–Trinajstić information content (AvgIpc) is 2.43. The van der Waals surface area contributed by atoms with Crippen LogP contribution in [0.3, 0.4) is 0 Å². The van der Waals surface area contributed by atoms with Crippen LogP contribution in [0, 0.1) is 13.8 Å². The third-order valence-corrected chi connectivity index (χ3v) is 3.45. The highest BCUT2D eigenvalue weighted by atomic mass is 35.5. The van der Waals surface area contributed by atoms with Gasteiger partial charge in [-0.05, 0) is 50.1 Å². The number of nitrogens with one attached hydrogen (secondary N) is 2. The van der Waals surface area contributed by atoms with Gasteiger partial charge in [0.15, 0.2) is 0 Å². The molecule has 0 aliphatic rings. The lowest BCUT2D eigenvalue weighted by Gasteiger charge is -2.16. The van der Waals surface area contributed by atoms with Crippen LogP contribution in [0.1, 0.15) is 29.8 Å². The highest BCUT2D eigenvalue weighted by Crippen LogP contribution is 2.27. The van der Waals surface area contributed by atoms with Gasteiger partial charge in [0.05, 0.1) is 22.4 Å². The standard InChI is InChI=1S/C16H18ClN3O/c1-10-8-11(2)15(13(17)9-10)20-16(21)19-12(3)14-6-4-5-7-18-14/h4-9,12H,1-3H3,(H2,19,20,21)/t12-/m0/s1. The van der Waals surface area contributed by atoms with Crippen molar-refractivity contribution >= 4 is 23.3 Å². The van der Waals surface area contributed by atoms with Gasteiger partial charge in [-0.1, -0.05) is 23.7 Å². The van der Waals surface area contributed by atoms with Crippen LogP contribution in [0.25, 0.3) is 0 Å². The Labute approximate surface area is 129 Å². The van der Waals surface area contributed by atoms with Crippen LogP contribution in [0.2, 0.25) is 5.02 Å². The monoisotopic (exact) mass is 303 g/mol. The van der Waals surface area contributed by atoms with Crippen LogP contribution >= 0.6 is 11.6 Å². The van der Waals surface area contributed by atoms with Gasteiger partial charge in [0, 0.05) is 6.20 Å². The summed E-state index contributed by atoms with van der Waals surface area (Å²) in [6.45, 7) is 5.76. The molecule has 2 amide bonds. The number of aryl methyl sites for hydroxylation is 2. The molecule has 0 aliphatic carbocycles. The smallest absolute Gasteiger partial charge is 0.319 e. The van der Waals surface area contributed by atoms with E-state index >= 15 is 0 Å². The largest absolute Gasteiger partial charge is 0.330 e. The van der Waals surface area contributed by atoms with E-state index in [4.69, 9.17) is 11.6 Å². The number of hydrogen-bond acceptors (Lipinski definition) is 2. The fourth-order valence-electron chi connectivity index (χ4n) is 2.13. The normalized spacial score (nSPS) is 11.8. The summed E-state index contributed by atoms with van der Waals surface area (Å²) in [5, 5.41) is 6.17. The predicted molar refractivity (Wildman–Crippen MR) is 85.7 cm³/mol. The van der Waals surface area contributed by atoms with Gasteiger partial charge in [-0.2, -0.15) is 0 Å². The molecule has 0 bridgehead atoms. The predicted octanol–water partition coefficient (Wildman–Crippen LogP) is 4.23. The maximum absolute atomic E-state index is 12.1. The van der Waals surface area contributed by atoms with E-state index in [0.29, 0.717) is 10.7 Å². The van der Waals surface area contributed by atoms with Gasteiger partial charge in [-0.25, -0.2) is 4.79 Å². The molecule has 0 unspecified atom stereocenters. The van der Waals surface area contributed by atoms with Crippen molar-refractivity contribution in [3.8, 4) is 0 Å². The van der Waals surface area contributed by atoms with Crippen molar-refractivity contribution in [1.29, 1.82) is 0 Å². The molecule has 0 saturated heterocycles. The number of carbonyl (C=O) groups excluding carboxylic acids is 1. The highest BCUT2D eigenvalue weighted by Gasteiger charge is 2.13. The SMILES string of the molecule is Cc1cc(C)c(NC(=O)N[C@@H](C)c2ccccn2)c(Cl)c1. The molecule has 0 saturated carbocycles. The van der Waals surface area contributed by atoms with Crippen LogP contribution in [-0.4, -0.2) is 11.0 Å². The first kappa shape index (κ1) is 15.3. The van der Waals surface area contributed by atoms with Crippen molar-refractivity contribution < 1.29 is 4.79 Å². The van der Waals surface area contributed by atoms with E-state index in [1.165, 1.54) is 0 Å². The zero-order valence-corrected chi connectivity index (χ0v) is 13.0. The van der Waals surface area contributed by atoms with Gasteiger partial charge < -0.3 is 10.6 Å². The Bertz CT molecular complexity index is 620. The summed E-state index contributed by atoms with van der Waals surface area (Å²) >= 11 is 6.18. The van der Waals surface area contributed by atoms with Crippen molar-refractivity contribution in [2.24, 2.45) is 0 Å². The second-order valence-electron chi connectivity index (χ2n) is 5.01. The van der Waals surface area contributed by atoms with Gasteiger partial charge in [-0.15, -0.1) is 0 Å². The van der Waals surface area contributed by atoms with E-state index in [1.54, 1.807) is 6.20 Å². The number of amides is 2. The molecule has 1 aromatic carbocycles. The van der Waals surface area contributed by atoms with E-state index < -0.39 is 0 Å². The van der Waals surface area contributed by atoms with Gasteiger partial charge in [0.2, 0.25) is 0 Å². The number of rotatable bonds is 3. The number of urea groups is 1. The third kappa shape index (κ3) is 3.95. The van der Waals surface area contributed by atoms with Crippen LogP contribution in [-0.2, 0) is 0 Å². The first-order valence-corrected chi connectivity index (χ1v) is 7.10. The van der Waals surface area contributed by atoms with Crippen molar-refractivity contribution in [2.45, 2.75) is 26.8 Å². The number of aromatic nitrogens is 1. The first-order valence-electron chi connectivity index (χ1n) is 6.72. The Morgan fingerprint density at radius 3 is 2.67 bits per heavy atom. The fraction of sp³-hybridized carbons (Fsp3) is 0.250. The lowest BCUT2D eigenvalue weighted by molar-refractivity contribution is 0.249. The van der Waals surface area contributed by atoms with E-state index in [1.807, 2.05) is 51.1 Å². The number of carbonyl (C=O) groups is 1. The molecule has 1 aromatic heterocycles. The van der Waals surface area contributed by atoms with Crippen LogP contribution in [0.4, 0.5) is 10.5 Å². The van der Waals surface area contributed by atoms with Gasteiger partial charge in [0.1, 0.15) is 0 Å². The topological polar surface area (TPSA) is 54.0 Å². The lowest BCUT2D eigenvalue weighted by atomic mass is 10.1. The fourth-order valence-corrected chi connectivity index (χ4v) is 2.49. The molecule has 0 fully saturated rings. The minimum absolute atomic E-state index is 0.185. The molecule has 0 spiro atoms. The molecule has 2 N–H and O–H groups in total. The summed E-state index contributed by atoms with van der Waals surface area (Å²) in [6, 6.07) is 8.91. The maximum Gasteiger partial charge on any atom is 0.319 e. The average molecular weight is 304 g/mol. The number of pyridine rings is 1. The molecule has 5 heteroatoms. The van der Waals surface area contributed by atoms with Crippen LogP contribution < -0.4 is 10.6 Å². The number of nitrogens with zero attached hydrogens (tertiary/aromatic N) is 1. The molecule has 4 nitrogen and oxygen atoms in total. The van der Waals surface area contributed by atoms with E-state index in [0.717, 1.165) is 16.8 Å². The summed E-state index contributed by atoms with van der Waals surface area (Å²) in [5.41, 5.74) is 3.43. The molecule has 0 aliphatic heterocycles. The van der Waals surface area contributed by atoms with E-state index in [-0.39, 0.29) is 12.1 Å². The zero-order chi connectivity index (χ0) is 15.4. The Hall–Kier alpha value is -2.07. The second-order valence-corrected chi connectivity index (χ2v) is 5.42. The first-order chi connectivity index (χ1) is 9.97. The van der Waals surface area contributed by atoms with E-state index in [9.17, 15) is 4.79 Å². The summed E-state index contributed by atoms with van der Waals surface area (Å²) in [6.07, 6.45) is 1.70. The summed E-state index contributed by atoms with van der Waals surface area (Å²) < 4.78 is 0. The zero-order valence-electron chi connectivity index (χ0n) is 12.3. The second kappa shape index (κ2) is 6.59. The number of anilines is 1. The summed E-state index contributed by atoms with van der Waals surface area (Å²) in [7, 11) is 0. The maximum atomic E-state index is 12.1. The van der Waals surface area contributed by atoms with Crippen LogP contribution in [0.5, 0.6) is 0 Å². The Morgan fingerprint density at radius 1 is 1.29 bits per heavy atom. The van der Waals surface area contributed by atoms with Crippen LogP contribution in [0.15, 0.2) is 36.5 Å². The van der Waals surface area contributed by atoms with E-state index in [2.05, 4.69) is 15.6 Å². The summed E-state index contributed by atoms with van der Waals surface area (Å²) in [4.78, 5) is 16.3. The molecule has 2 rings (SSSR count). The molecule has 0 radical (unpaired) electrons. The number of halogens is 1. The lowest BCUT2D eigenvalue weighted by Crippen LogP contribution is -2.31. The summed E-state index contributed by atoms with van der Waals surface area (Å²) in [5.74, 6) is 0. The molecule has 1 atom stereocenters. The molecule has 2 aromatic rings. The van der Waals surface area contributed by atoms with Crippen molar-refractivity contribution in [1.82, 2.24) is 10.3 Å². The number of benzene rings is 1. The minimum Gasteiger partial charge on any atom is -0.330 e.